The van der Waals surface area contributed by atoms with Crippen molar-refractivity contribution >= 4 is 40.0 Å². The Bertz CT molecular complexity index is 994. The first-order chi connectivity index (χ1) is 15.2. The third-order valence-electron chi connectivity index (χ3n) is 7.24. The minimum atomic E-state index is -4.67. The molecule has 0 radical (unpaired) electrons. The van der Waals surface area contributed by atoms with Crippen molar-refractivity contribution in [2.24, 2.45) is 11.1 Å². The SMILES string of the molecule is Cc1ccc(C(C)(C)N2CCC(CCc3ccc(I)s3)(C(C)(NC(N)=O)C(F)(F)F)C2)cn1. The lowest BCUT2D eigenvalue weighted by atomic mass is 9.66. The minimum Gasteiger partial charge on any atom is -0.352 e. The van der Waals surface area contributed by atoms with Crippen LogP contribution in [0.2, 0.25) is 0 Å². The number of hydrogen-bond donors (Lipinski definition) is 2. The summed E-state index contributed by atoms with van der Waals surface area (Å²) in [6.07, 6.45) is -1.82. The van der Waals surface area contributed by atoms with Gasteiger partial charge in [0.05, 0.1) is 2.88 Å². The van der Waals surface area contributed by atoms with Crippen LogP contribution in [0.5, 0.6) is 0 Å². The van der Waals surface area contributed by atoms with E-state index in [-0.39, 0.29) is 19.4 Å². The summed E-state index contributed by atoms with van der Waals surface area (Å²) in [5.41, 5.74) is 2.85. The maximum atomic E-state index is 14.6. The van der Waals surface area contributed by atoms with E-state index < -0.39 is 28.7 Å². The van der Waals surface area contributed by atoms with Gasteiger partial charge in [-0.3, -0.25) is 9.88 Å². The lowest BCUT2D eigenvalue weighted by Gasteiger charge is -2.48. The van der Waals surface area contributed by atoms with Crippen LogP contribution in [0.15, 0.2) is 30.5 Å². The monoisotopic (exact) mass is 594 g/mol. The van der Waals surface area contributed by atoms with E-state index in [1.165, 1.54) is 0 Å². The molecule has 182 valence electrons. The van der Waals surface area contributed by atoms with Gasteiger partial charge in [-0.05, 0) is 99.9 Å². The van der Waals surface area contributed by atoms with Gasteiger partial charge >= 0.3 is 12.2 Å². The molecule has 10 heteroatoms. The Morgan fingerprint density at radius 3 is 2.48 bits per heavy atom. The van der Waals surface area contributed by atoms with Crippen LogP contribution in [-0.4, -0.2) is 40.7 Å². The molecule has 1 fully saturated rings. The lowest BCUT2D eigenvalue weighted by molar-refractivity contribution is -0.223. The molecular formula is C23H30F3IN4OS. The van der Waals surface area contributed by atoms with Crippen LogP contribution in [0.4, 0.5) is 18.0 Å². The molecule has 3 N–H and O–H groups in total. The second kappa shape index (κ2) is 9.33. The van der Waals surface area contributed by atoms with Crippen molar-refractivity contribution in [3.05, 3.63) is 49.5 Å². The Balaban J connectivity index is 2.00. The molecule has 2 aromatic heterocycles. The summed E-state index contributed by atoms with van der Waals surface area (Å²) in [7, 11) is 0. The Kier molecular flexibility index (Phi) is 7.41. The number of thiophene rings is 1. The van der Waals surface area contributed by atoms with Crippen molar-refractivity contribution in [1.29, 1.82) is 0 Å². The molecule has 1 saturated heterocycles. The number of rotatable bonds is 7. The second-order valence-corrected chi connectivity index (χ2v) is 12.6. The first-order valence-corrected chi connectivity index (χ1v) is 12.7. The minimum absolute atomic E-state index is 0.173. The zero-order valence-corrected chi connectivity index (χ0v) is 22.2. The number of amides is 2. The van der Waals surface area contributed by atoms with Crippen molar-refractivity contribution in [2.75, 3.05) is 13.1 Å². The van der Waals surface area contributed by atoms with E-state index in [4.69, 9.17) is 5.73 Å². The molecule has 2 atom stereocenters. The topological polar surface area (TPSA) is 71.2 Å². The molecule has 0 spiro atoms. The van der Waals surface area contributed by atoms with Crippen molar-refractivity contribution in [3.63, 3.8) is 0 Å². The van der Waals surface area contributed by atoms with Gasteiger partial charge in [0.25, 0.3) is 0 Å². The number of aryl methyl sites for hydroxylation is 2. The van der Waals surface area contributed by atoms with Crippen molar-refractivity contribution in [1.82, 2.24) is 15.2 Å². The highest BCUT2D eigenvalue weighted by atomic mass is 127. The average molecular weight is 594 g/mol. The largest absolute Gasteiger partial charge is 0.411 e. The Labute approximate surface area is 210 Å². The normalized spacial score (nSPS) is 21.7. The van der Waals surface area contributed by atoms with Crippen LogP contribution in [0, 0.1) is 15.2 Å². The summed E-state index contributed by atoms with van der Waals surface area (Å²) in [5, 5.41) is 2.12. The highest BCUT2D eigenvalue weighted by Crippen LogP contribution is 2.53. The maximum Gasteiger partial charge on any atom is 0.411 e. The smallest absolute Gasteiger partial charge is 0.352 e. The van der Waals surface area contributed by atoms with Crippen LogP contribution >= 0.6 is 33.9 Å². The summed E-state index contributed by atoms with van der Waals surface area (Å²) >= 11 is 3.79. The number of likely N-dealkylation sites (tertiary alicyclic amines) is 1. The third kappa shape index (κ3) is 5.17. The molecule has 1 aliphatic heterocycles. The number of primary amides is 1. The fourth-order valence-electron chi connectivity index (χ4n) is 4.82. The summed E-state index contributed by atoms with van der Waals surface area (Å²) in [5.74, 6) is 0. The second-order valence-electron chi connectivity index (χ2n) is 9.52. The van der Waals surface area contributed by atoms with Crippen LogP contribution < -0.4 is 11.1 Å². The quantitative estimate of drug-likeness (QED) is 0.410. The Hall–Kier alpha value is -1.40. The van der Waals surface area contributed by atoms with Crippen LogP contribution in [0.25, 0.3) is 0 Å². The summed E-state index contributed by atoms with van der Waals surface area (Å²) in [6.45, 7) is 7.63. The van der Waals surface area contributed by atoms with Gasteiger partial charge in [0.15, 0.2) is 0 Å². The van der Waals surface area contributed by atoms with Crippen LogP contribution in [-0.2, 0) is 12.0 Å². The van der Waals surface area contributed by atoms with E-state index in [2.05, 4.69) is 37.8 Å². The predicted octanol–water partition coefficient (Wildman–Crippen LogP) is 5.61. The van der Waals surface area contributed by atoms with Gasteiger partial charge in [-0.1, -0.05) is 6.07 Å². The molecule has 0 aromatic carbocycles. The van der Waals surface area contributed by atoms with Gasteiger partial charge in [0, 0.05) is 34.3 Å². The highest BCUT2D eigenvalue weighted by Gasteiger charge is 2.66. The fraction of sp³-hybridized carbons (Fsp3) is 0.565. The molecule has 3 heterocycles. The number of halogens is 4. The third-order valence-corrected chi connectivity index (χ3v) is 9.20. The van der Waals surface area contributed by atoms with E-state index in [9.17, 15) is 18.0 Å². The Morgan fingerprint density at radius 1 is 1.27 bits per heavy atom. The molecule has 5 nitrogen and oxygen atoms in total. The average Bonchev–Trinajstić information content (AvgIpc) is 3.33. The van der Waals surface area contributed by atoms with Crippen molar-refractivity contribution < 1.29 is 18.0 Å². The molecule has 2 unspecified atom stereocenters. The zero-order valence-electron chi connectivity index (χ0n) is 19.2. The maximum absolute atomic E-state index is 14.6. The number of carbonyl (C=O) groups is 1. The first-order valence-electron chi connectivity index (χ1n) is 10.8. The van der Waals surface area contributed by atoms with Crippen LogP contribution in [0.1, 0.15) is 49.7 Å². The van der Waals surface area contributed by atoms with Gasteiger partial charge < -0.3 is 11.1 Å². The molecule has 0 aliphatic carbocycles. The number of nitrogens with two attached hydrogens (primary N) is 1. The van der Waals surface area contributed by atoms with E-state index >= 15 is 0 Å². The Morgan fingerprint density at radius 2 is 1.97 bits per heavy atom. The first kappa shape index (κ1) is 26.2. The van der Waals surface area contributed by atoms with Gasteiger partial charge in [-0.15, -0.1) is 11.3 Å². The molecule has 0 bridgehead atoms. The molecule has 3 rings (SSSR count). The number of nitrogens with one attached hydrogen (secondary N) is 1. The lowest BCUT2D eigenvalue weighted by Crippen LogP contribution is -2.68. The zero-order chi connectivity index (χ0) is 24.7. The van der Waals surface area contributed by atoms with Crippen LogP contribution in [0.3, 0.4) is 0 Å². The molecule has 0 saturated carbocycles. The predicted molar refractivity (Wildman–Crippen MR) is 133 cm³/mol. The van der Waals surface area contributed by atoms with Crippen molar-refractivity contribution in [3.8, 4) is 0 Å². The number of alkyl halides is 3. The number of hydrogen-bond acceptors (Lipinski definition) is 4. The number of carbonyl (C=O) groups excluding carboxylic acids is 1. The molecular weight excluding hydrogens is 564 g/mol. The number of nitrogens with zero attached hydrogens (tertiary/aromatic N) is 2. The summed E-state index contributed by atoms with van der Waals surface area (Å²) in [6, 6.07) is 6.64. The van der Waals surface area contributed by atoms with E-state index in [0.29, 0.717) is 13.0 Å². The van der Waals surface area contributed by atoms with Gasteiger partial charge in [-0.25, -0.2) is 4.79 Å². The van der Waals surface area contributed by atoms with Gasteiger partial charge in [-0.2, -0.15) is 13.2 Å². The van der Waals surface area contributed by atoms with E-state index in [1.807, 2.05) is 45.0 Å². The molecule has 2 amide bonds. The highest BCUT2D eigenvalue weighted by molar-refractivity contribution is 14.1. The fourth-order valence-corrected chi connectivity index (χ4v) is 6.58. The van der Waals surface area contributed by atoms with Gasteiger partial charge in [0.1, 0.15) is 5.54 Å². The summed E-state index contributed by atoms with van der Waals surface area (Å²) in [4.78, 5) is 19.2. The number of pyridine rings is 1. The van der Waals surface area contributed by atoms with E-state index in [0.717, 1.165) is 25.9 Å². The molecule has 1 aliphatic rings. The number of urea groups is 1. The number of aromatic nitrogens is 1. The molecule has 33 heavy (non-hydrogen) atoms. The van der Waals surface area contributed by atoms with Gasteiger partial charge in [0.2, 0.25) is 0 Å². The van der Waals surface area contributed by atoms with E-state index in [1.54, 1.807) is 17.5 Å². The summed E-state index contributed by atoms with van der Waals surface area (Å²) < 4.78 is 44.8. The van der Waals surface area contributed by atoms with Crippen molar-refractivity contribution in [2.45, 2.75) is 64.2 Å². The molecule has 2 aromatic rings. The standard InChI is InChI=1S/C23H30F3IN4OS/c1-15-5-6-16(13-29-15)20(2,3)31-12-11-22(14-31,10-9-17-7-8-18(27)33-17)21(4,23(24,25)26)30-19(28)32/h5-8,13H,9-12,14H2,1-4H3,(H3,28,30,32).